The molecular weight excluding hydrogens is 309 g/mol. The first-order valence-electron chi connectivity index (χ1n) is 6.68. The summed E-state index contributed by atoms with van der Waals surface area (Å²) in [4.78, 5) is 0. The zero-order valence-corrected chi connectivity index (χ0v) is 13.4. The van der Waals surface area contributed by atoms with Crippen LogP contribution in [0.4, 0.5) is 4.39 Å². The van der Waals surface area contributed by atoms with Gasteiger partial charge in [0.05, 0.1) is 10.1 Å². The van der Waals surface area contributed by atoms with E-state index >= 15 is 0 Å². The van der Waals surface area contributed by atoms with Crippen LogP contribution in [0.1, 0.15) is 32.8 Å². The van der Waals surface area contributed by atoms with E-state index in [4.69, 9.17) is 0 Å². The molecule has 108 valence electrons. The van der Waals surface area contributed by atoms with Crippen molar-refractivity contribution in [2.45, 2.75) is 39.2 Å². The third-order valence-electron chi connectivity index (χ3n) is 3.00. The van der Waals surface area contributed by atoms with Crippen molar-refractivity contribution in [3.8, 4) is 0 Å². The Bertz CT molecular complexity index is 407. The molecule has 0 aliphatic rings. The van der Waals surface area contributed by atoms with Gasteiger partial charge in [0.25, 0.3) is 0 Å². The fraction of sp³-hybridized carbons (Fsp3) is 0.600. The molecule has 1 aromatic rings. The highest BCUT2D eigenvalue weighted by Gasteiger charge is 2.22. The SMILES string of the molecule is CC(C)CNCCC(C)(O)Cc1cccc(F)c1Br. The maximum atomic E-state index is 13.4. The van der Waals surface area contributed by atoms with Gasteiger partial charge in [-0.1, -0.05) is 26.0 Å². The topological polar surface area (TPSA) is 32.3 Å². The maximum Gasteiger partial charge on any atom is 0.137 e. The Hall–Kier alpha value is -0.450. The highest BCUT2D eigenvalue weighted by molar-refractivity contribution is 9.10. The van der Waals surface area contributed by atoms with Gasteiger partial charge in [-0.2, -0.15) is 0 Å². The predicted molar refractivity (Wildman–Crippen MR) is 80.8 cm³/mol. The van der Waals surface area contributed by atoms with E-state index in [1.54, 1.807) is 13.0 Å². The average Bonchev–Trinajstić information content (AvgIpc) is 2.30. The summed E-state index contributed by atoms with van der Waals surface area (Å²) >= 11 is 3.23. The van der Waals surface area contributed by atoms with Gasteiger partial charge < -0.3 is 10.4 Å². The zero-order chi connectivity index (χ0) is 14.5. The fourth-order valence-corrected chi connectivity index (χ4v) is 2.34. The van der Waals surface area contributed by atoms with Gasteiger partial charge in [0, 0.05) is 6.42 Å². The molecule has 0 radical (unpaired) electrons. The van der Waals surface area contributed by atoms with E-state index in [9.17, 15) is 9.50 Å². The van der Waals surface area contributed by atoms with E-state index in [-0.39, 0.29) is 5.82 Å². The Balaban J connectivity index is 2.51. The summed E-state index contributed by atoms with van der Waals surface area (Å²) in [5.74, 6) is 0.313. The lowest BCUT2D eigenvalue weighted by atomic mass is 9.93. The predicted octanol–water partition coefficient (Wildman–Crippen LogP) is 3.52. The van der Waals surface area contributed by atoms with E-state index in [1.807, 2.05) is 6.07 Å². The molecule has 1 aromatic carbocycles. The van der Waals surface area contributed by atoms with Crippen molar-refractivity contribution < 1.29 is 9.50 Å². The van der Waals surface area contributed by atoms with Crippen LogP contribution in [0.25, 0.3) is 0 Å². The van der Waals surface area contributed by atoms with Crippen LogP contribution < -0.4 is 5.32 Å². The Kier molecular flexibility index (Phi) is 6.43. The first kappa shape index (κ1) is 16.6. The van der Waals surface area contributed by atoms with Crippen LogP contribution in [0.2, 0.25) is 0 Å². The molecule has 2 N–H and O–H groups in total. The highest BCUT2D eigenvalue weighted by Crippen LogP contribution is 2.25. The number of benzene rings is 1. The summed E-state index contributed by atoms with van der Waals surface area (Å²) in [6.45, 7) is 7.79. The minimum Gasteiger partial charge on any atom is -0.390 e. The molecule has 1 rings (SSSR count). The van der Waals surface area contributed by atoms with Crippen molar-refractivity contribution in [3.63, 3.8) is 0 Å². The van der Waals surface area contributed by atoms with Gasteiger partial charge in [-0.05, 0) is 59.9 Å². The molecule has 0 aliphatic heterocycles. The van der Waals surface area contributed by atoms with Crippen molar-refractivity contribution in [3.05, 3.63) is 34.1 Å². The van der Waals surface area contributed by atoms with Gasteiger partial charge in [-0.3, -0.25) is 0 Å². The summed E-state index contributed by atoms with van der Waals surface area (Å²) in [5.41, 5.74) is -0.0332. The lowest BCUT2D eigenvalue weighted by molar-refractivity contribution is 0.0511. The van der Waals surface area contributed by atoms with E-state index in [1.165, 1.54) is 6.07 Å². The van der Waals surface area contributed by atoms with Gasteiger partial charge in [0.2, 0.25) is 0 Å². The standard InChI is InChI=1S/C15H23BrFNO/c1-11(2)10-18-8-7-15(3,19)9-12-5-4-6-13(17)14(12)16/h4-6,11,18-19H,7-10H2,1-3H3. The third kappa shape index (κ3) is 6.02. The van der Waals surface area contributed by atoms with Gasteiger partial charge in [-0.25, -0.2) is 4.39 Å². The molecule has 0 saturated carbocycles. The van der Waals surface area contributed by atoms with E-state index in [2.05, 4.69) is 35.1 Å². The van der Waals surface area contributed by atoms with E-state index in [0.29, 0.717) is 23.2 Å². The lowest BCUT2D eigenvalue weighted by Crippen LogP contribution is -2.33. The number of rotatable bonds is 7. The van der Waals surface area contributed by atoms with Crippen LogP contribution in [0.3, 0.4) is 0 Å². The van der Waals surface area contributed by atoms with E-state index < -0.39 is 5.60 Å². The molecule has 0 aromatic heterocycles. The Labute approximate surface area is 123 Å². The van der Waals surface area contributed by atoms with Gasteiger partial charge >= 0.3 is 0 Å². The summed E-state index contributed by atoms with van der Waals surface area (Å²) in [6.07, 6.45) is 1.08. The van der Waals surface area contributed by atoms with Crippen LogP contribution in [0.15, 0.2) is 22.7 Å². The summed E-state index contributed by atoms with van der Waals surface area (Å²) in [5, 5.41) is 13.7. The molecular formula is C15H23BrFNO. The Morgan fingerprint density at radius 1 is 1.42 bits per heavy atom. The molecule has 19 heavy (non-hydrogen) atoms. The van der Waals surface area contributed by atoms with Gasteiger partial charge in [-0.15, -0.1) is 0 Å². The van der Waals surface area contributed by atoms with Crippen molar-refractivity contribution in [1.82, 2.24) is 5.32 Å². The number of hydrogen-bond donors (Lipinski definition) is 2. The van der Waals surface area contributed by atoms with Crippen molar-refractivity contribution in [2.24, 2.45) is 5.92 Å². The quantitative estimate of drug-likeness (QED) is 0.749. The number of aliphatic hydroxyl groups is 1. The van der Waals surface area contributed by atoms with Crippen LogP contribution in [0, 0.1) is 11.7 Å². The second kappa shape index (κ2) is 7.36. The third-order valence-corrected chi connectivity index (χ3v) is 3.88. The fourth-order valence-electron chi connectivity index (χ4n) is 1.93. The number of hydrogen-bond acceptors (Lipinski definition) is 2. The molecule has 0 amide bonds. The van der Waals surface area contributed by atoms with Crippen LogP contribution in [-0.2, 0) is 6.42 Å². The molecule has 0 saturated heterocycles. The molecule has 2 nitrogen and oxygen atoms in total. The monoisotopic (exact) mass is 331 g/mol. The average molecular weight is 332 g/mol. The van der Waals surface area contributed by atoms with Crippen LogP contribution >= 0.6 is 15.9 Å². The normalized spacial score (nSPS) is 14.7. The van der Waals surface area contributed by atoms with Crippen LogP contribution in [-0.4, -0.2) is 23.8 Å². The molecule has 0 fully saturated rings. The minimum absolute atomic E-state index is 0.286. The first-order valence-corrected chi connectivity index (χ1v) is 7.47. The highest BCUT2D eigenvalue weighted by atomic mass is 79.9. The van der Waals surface area contributed by atoms with Gasteiger partial charge in [0.15, 0.2) is 0 Å². The molecule has 1 atom stereocenters. The Morgan fingerprint density at radius 3 is 2.74 bits per heavy atom. The van der Waals surface area contributed by atoms with Crippen molar-refractivity contribution in [1.29, 1.82) is 0 Å². The summed E-state index contributed by atoms with van der Waals surface area (Å²) in [7, 11) is 0. The van der Waals surface area contributed by atoms with Crippen molar-refractivity contribution in [2.75, 3.05) is 13.1 Å². The lowest BCUT2D eigenvalue weighted by Gasteiger charge is -2.24. The van der Waals surface area contributed by atoms with Gasteiger partial charge in [0.1, 0.15) is 5.82 Å². The van der Waals surface area contributed by atoms with E-state index in [0.717, 1.165) is 18.7 Å². The second-order valence-corrected chi connectivity index (χ2v) is 6.53. The summed E-state index contributed by atoms with van der Waals surface area (Å²) < 4.78 is 13.9. The minimum atomic E-state index is -0.833. The smallest absolute Gasteiger partial charge is 0.137 e. The molecule has 0 aliphatic carbocycles. The molecule has 1 unspecified atom stereocenters. The largest absolute Gasteiger partial charge is 0.390 e. The maximum absolute atomic E-state index is 13.4. The number of nitrogens with one attached hydrogen (secondary N) is 1. The van der Waals surface area contributed by atoms with Crippen LogP contribution in [0.5, 0.6) is 0 Å². The zero-order valence-electron chi connectivity index (χ0n) is 11.8. The molecule has 0 bridgehead atoms. The number of halogens is 2. The molecule has 0 heterocycles. The summed E-state index contributed by atoms with van der Waals surface area (Å²) in [6, 6.07) is 4.91. The second-order valence-electron chi connectivity index (χ2n) is 5.73. The molecule has 4 heteroatoms. The Morgan fingerprint density at radius 2 is 2.11 bits per heavy atom. The first-order chi connectivity index (χ1) is 8.82. The van der Waals surface area contributed by atoms with Crippen molar-refractivity contribution >= 4 is 15.9 Å². The molecule has 0 spiro atoms.